The molecule has 0 fully saturated rings. The maximum atomic E-state index is 8.59. The Hall–Kier alpha value is 0.623. The molecule has 0 aliphatic heterocycles. The van der Waals surface area contributed by atoms with Crippen LogP contribution in [-0.2, 0) is 181 Å². The van der Waals surface area contributed by atoms with Gasteiger partial charge in [0.15, 0.2) is 0 Å². The van der Waals surface area contributed by atoms with E-state index in [1.807, 2.05) is 0 Å². The molecule has 0 saturated heterocycles. The van der Waals surface area contributed by atoms with E-state index in [0.717, 1.165) is 0 Å². The van der Waals surface area contributed by atoms with Crippen molar-refractivity contribution in [3.05, 3.63) is 0 Å². The van der Waals surface area contributed by atoms with Crippen LogP contribution in [0.1, 0.15) is 0 Å². The van der Waals surface area contributed by atoms with Crippen molar-refractivity contribution in [3.63, 3.8) is 0 Å². The van der Waals surface area contributed by atoms with Crippen molar-refractivity contribution in [1.29, 1.82) is 0 Å². The normalized spacial score (nSPS) is 4.11. The molecular weight excluding hydrogens is 1070 g/mol. The third-order valence-electron chi connectivity index (χ3n) is 0. The maximum absolute atomic E-state index is 8.59. The van der Waals surface area contributed by atoms with E-state index in [-0.39, 0.29) is 74.0 Å². The van der Waals surface area contributed by atoms with Crippen LogP contribution in [0, 0.1) is 0 Å². The van der Waals surface area contributed by atoms with Gasteiger partial charge in [-0.3, -0.25) is 0 Å². The van der Waals surface area contributed by atoms with E-state index in [4.69, 9.17) is 61.2 Å². The Morgan fingerprint density at radius 2 is 0.200 bits per heavy atom. The van der Waals surface area contributed by atoms with Gasteiger partial charge in [-0.1, -0.05) is 0 Å². The molecule has 0 aliphatic rings. The molecule has 28 nitrogen and oxygen atoms in total. The molecule has 35 heavy (non-hydrogen) atoms. The van der Waals surface area contributed by atoms with Crippen molar-refractivity contribution in [2.24, 2.45) is 0 Å². The average Bonchev–Trinajstić information content (AvgIpc) is 2.08. The first kappa shape index (κ1) is 123. The van der Waals surface area contributed by atoms with Crippen LogP contribution in [0.5, 0.6) is 0 Å². The van der Waals surface area contributed by atoms with Crippen molar-refractivity contribution in [2.45, 2.75) is 0 Å². The third-order valence-corrected chi connectivity index (χ3v) is 0. The Kier molecular flexibility index (Phi) is 397. The fourth-order valence-corrected chi connectivity index (χ4v) is 0. The SMILES string of the molecule is N.N.N.N.O.O.O.O.O.O.[Ni].[O]=[Mo](=[O])=[O].[O]=[Mo](=[O])=[O].[O]=[Mo](=[O])=[O].[O]=[Mo](=[O])=[O].[O]=[Mo](=[O])=[O].[O]=[Mo](=[O])=[O]. The molecule has 0 bridgehead atoms. The van der Waals surface area contributed by atoms with Crippen LogP contribution in [0.4, 0.5) is 0 Å². The zero-order chi connectivity index (χ0) is 21.5. The van der Waals surface area contributed by atoms with Gasteiger partial charge in [-0.15, -0.1) is 0 Å². The zero-order valence-corrected chi connectivity index (χ0v) is 29.0. The Balaban J connectivity index is -0.00000000697. The predicted molar refractivity (Wildman–Crippen MR) is 54.1 cm³/mol. The van der Waals surface area contributed by atoms with Crippen LogP contribution in [0.2, 0.25) is 0 Å². The van der Waals surface area contributed by atoms with E-state index in [1.165, 1.54) is 0 Å². The molecule has 0 aromatic heterocycles. The fourth-order valence-electron chi connectivity index (χ4n) is 0. The molecule has 24 N–H and O–H groups in total. The van der Waals surface area contributed by atoms with Crippen molar-refractivity contribution >= 4 is 0 Å². The molecule has 0 aliphatic carbocycles. The first-order chi connectivity index (χ1) is 10.4. The van der Waals surface area contributed by atoms with E-state index >= 15 is 0 Å². The van der Waals surface area contributed by atoms with Crippen molar-refractivity contribution in [3.8, 4) is 0 Å². The molecule has 0 spiro atoms. The van der Waals surface area contributed by atoms with E-state index in [2.05, 4.69) is 0 Å². The van der Waals surface area contributed by atoms with Crippen LogP contribution >= 0.6 is 0 Å². The van der Waals surface area contributed by atoms with E-state index in [0.29, 0.717) is 0 Å². The molecule has 0 heterocycles. The van der Waals surface area contributed by atoms with Crippen LogP contribution in [0.3, 0.4) is 0 Å². The van der Waals surface area contributed by atoms with Crippen LogP contribution in [0.25, 0.3) is 0 Å². The van der Waals surface area contributed by atoms with Gasteiger partial charge in [-0.05, 0) is 0 Å². The quantitative estimate of drug-likeness (QED) is 0.164. The second-order valence-corrected chi connectivity index (χ2v) is 7.25. The summed E-state index contributed by atoms with van der Waals surface area (Å²) in [4.78, 5) is 0. The fraction of sp³-hybridized carbons (Fsp3) is 0. The first-order valence-corrected chi connectivity index (χ1v) is 17.7. The summed E-state index contributed by atoms with van der Waals surface area (Å²) in [7, 11) is 0. The summed E-state index contributed by atoms with van der Waals surface area (Å²) in [6.45, 7) is 0. The minimum absolute atomic E-state index is 0. The molecular formula is H24Mo6N4NiO24. The second-order valence-electron chi connectivity index (χ2n) is 1.22. The van der Waals surface area contributed by atoms with Gasteiger partial charge in [0.2, 0.25) is 0 Å². The molecule has 0 aromatic carbocycles. The van der Waals surface area contributed by atoms with Gasteiger partial charge in [0.05, 0.1) is 0 Å². The van der Waals surface area contributed by atoms with Crippen LogP contribution in [0.15, 0.2) is 0 Å². The molecule has 234 valence electrons. The summed E-state index contributed by atoms with van der Waals surface area (Å²) in [5.74, 6) is 0. The van der Waals surface area contributed by atoms with Gasteiger partial charge >= 0.3 is 164 Å². The first-order valence-electron chi connectivity index (χ1n) is 3.00. The zero-order valence-electron chi connectivity index (χ0n) is 15.9. The number of hydrogen-bond acceptors (Lipinski definition) is 22. The third kappa shape index (κ3) is 94800. The summed E-state index contributed by atoms with van der Waals surface area (Å²) < 4.78 is 155. The van der Waals surface area contributed by atoms with Crippen molar-refractivity contribution < 1.29 is 214 Å². The molecule has 0 aromatic rings. The summed E-state index contributed by atoms with van der Waals surface area (Å²) in [5, 5.41) is 0. The monoisotopic (exact) mass is 1110 g/mol. The molecule has 0 radical (unpaired) electrons. The second kappa shape index (κ2) is 113. The minimum atomic E-state index is -4.11. The van der Waals surface area contributed by atoms with E-state index < -0.39 is 103 Å². The summed E-state index contributed by atoms with van der Waals surface area (Å²) >= 11 is -24.6. The summed E-state index contributed by atoms with van der Waals surface area (Å²) in [6.07, 6.45) is 0. The predicted octanol–water partition coefficient (Wildman–Crippen LogP) is -6.46. The molecule has 0 saturated carbocycles. The van der Waals surface area contributed by atoms with Gasteiger partial charge < -0.3 is 57.5 Å². The average molecular weight is 1100 g/mol. The summed E-state index contributed by atoms with van der Waals surface area (Å²) in [6, 6.07) is 0. The van der Waals surface area contributed by atoms with Gasteiger partial charge in [-0.25, -0.2) is 0 Å². The van der Waals surface area contributed by atoms with Gasteiger partial charge in [0.25, 0.3) is 0 Å². The van der Waals surface area contributed by atoms with Crippen molar-refractivity contribution in [2.75, 3.05) is 0 Å². The van der Waals surface area contributed by atoms with E-state index in [9.17, 15) is 0 Å². The molecule has 0 unspecified atom stereocenters. The standard InChI is InChI=1S/6Mo.4H3N.Ni.6H2O.18O/h;;;;;;4*1H3;;6*1H2;;;;;;;;;;;;;;;;;;. The van der Waals surface area contributed by atoms with Crippen LogP contribution < -0.4 is 24.6 Å². The number of hydrogen-bond donors (Lipinski definition) is 4. The molecule has 0 rings (SSSR count). The topological polar surface area (TPSA) is 636 Å². The van der Waals surface area contributed by atoms with Crippen molar-refractivity contribution in [1.82, 2.24) is 24.6 Å². The van der Waals surface area contributed by atoms with Gasteiger partial charge in [0, 0.05) is 16.5 Å². The Bertz CT molecular complexity index is 695. The Morgan fingerprint density at radius 3 is 0.200 bits per heavy atom. The Morgan fingerprint density at radius 1 is 0.200 bits per heavy atom. The Labute approximate surface area is 235 Å². The van der Waals surface area contributed by atoms with E-state index in [1.54, 1.807) is 0 Å². The molecule has 35 heteroatoms. The van der Waals surface area contributed by atoms with Crippen LogP contribution in [-0.4, -0.2) is 32.9 Å². The summed E-state index contributed by atoms with van der Waals surface area (Å²) in [5.41, 5.74) is 0. The van der Waals surface area contributed by atoms with Gasteiger partial charge in [0.1, 0.15) is 0 Å². The van der Waals surface area contributed by atoms with Gasteiger partial charge in [-0.2, -0.15) is 0 Å². The molecule has 0 atom stereocenters. The number of rotatable bonds is 0. The molecule has 0 amide bonds.